The maximum absolute atomic E-state index is 13.4. The lowest BCUT2D eigenvalue weighted by atomic mass is 9.93. The second-order valence-corrected chi connectivity index (χ2v) is 12.7. The number of rotatable bonds is 10. The minimum Gasteiger partial charge on any atom is -0.493 e. The lowest BCUT2D eigenvalue weighted by molar-refractivity contribution is -0.118. The van der Waals surface area contributed by atoms with Gasteiger partial charge in [0, 0.05) is 55.7 Å². The van der Waals surface area contributed by atoms with Gasteiger partial charge in [-0.3, -0.25) is 14.3 Å². The number of aryl methyl sites for hydroxylation is 1. The maximum Gasteiger partial charge on any atom is 0.253 e. The number of benzene rings is 3. The van der Waals surface area contributed by atoms with Crippen LogP contribution in [0.15, 0.2) is 73.1 Å². The Morgan fingerprint density at radius 2 is 1.87 bits per heavy atom. The highest BCUT2D eigenvalue weighted by molar-refractivity contribution is 5.96. The van der Waals surface area contributed by atoms with Crippen molar-refractivity contribution in [1.29, 1.82) is 0 Å². The van der Waals surface area contributed by atoms with Gasteiger partial charge < -0.3 is 19.6 Å². The van der Waals surface area contributed by atoms with E-state index in [-0.39, 0.29) is 24.3 Å². The molecule has 46 heavy (non-hydrogen) atoms. The summed E-state index contributed by atoms with van der Waals surface area (Å²) >= 11 is 0. The second kappa shape index (κ2) is 14.3. The van der Waals surface area contributed by atoms with Gasteiger partial charge in [0.05, 0.1) is 19.3 Å². The summed E-state index contributed by atoms with van der Waals surface area (Å²) in [5, 5.41) is 14.2. The summed E-state index contributed by atoms with van der Waals surface area (Å²) in [6, 6.07) is 20.0. The molecule has 1 saturated heterocycles. The number of likely N-dealkylation sites (tertiary alicyclic amines) is 1. The van der Waals surface area contributed by atoms with Crippen LogP contribution in [0.3, 0.4) is 0 Å². The first-order chi connectivity index (χ1) is 22.4. The summed E-state index contributed by atoms with van der Waals surface area (Å²) in [6.45, 7) is 7.37. The largest absolute Gasteiger partial charge is 0.493 e. The predicted molar refractivity (Wildman–Crippen MR) is 180 cm³/mol. The lowest BCUT2D eigenvalue weighted by Gasteiger charge is -2.32. The molecule has 2 aliphatic rings. The van der Waals surface area contributed by atoms with Crippen LogP contribution in [0, 0.1) is 19.8 Å². The quantitative estimate of drug-likeness (QED) is 0.214. The fraction of sp³-hybridized carbons (Fsp3) is 0.395. The van der Waals surface area contributed by atoms with E-state index in [0.29, 0.717) is 38.1 Å². The summed E-state index contributed by atoms with van der Waals surface area (Å²) in [5.74, 6) is 1.19. The molecule has 1 N–H and O–H groups in total. The van der Waals surface area contributed by atoms with Crippen molar-refractivity contribution in [1.82, 2.24) is 14.7 Å². The van der Waals surface area contributed by atoms with Crippen molar-refractivity contribution >= 4 is 17.5 Å². The van der Waals surface area contributed by atoms with E-state index in [2.05, 4.69) is 37.1 Å². The molecule has 3 heterocycles. The first-order valence-corrected chi connectivity index (χ1v) is 16.5. The van der Waals surface area contributed by atoms with Gasteiger partial charge in [-0.25, -0.2) is 0 Å². The van der Waals surface area contributed by atoms with Crippen molar-refractivity contribution in [3.8, 4) is 16.9 Å². The number of hydrogen-bond donors (Lipinski definition) is 1. The number of aliphatic hydroxyl groups is 1. The van der Waals surface area contributed by atoms with Crippen LogP contribution in [0.5, 0.6) is 5.75 Å². The fourth-order valence-corrected chi connectivity index (χ4v) is 6.74. The Kier molecular flexibility index (Phi) is 9.83. The zero-order valence-corrected chi connectivity index (χ0v) is 27.0. The number of anilines is 1. The molecule has 8 heteroatoms. The molecule has 2 aliphatic heterocycles. The van der Waals surface area contributed by atoms with E-state index in [1.807, 2.05) is 69.3 Å². The van der Waals surface area contributed by atoms with Crippen molar-refractivity contribution in [3.63, 3.8) is 0 Å². The SMILES string of the molecule is Cc1cccc(OCCCC(=O)N2CCCc3c(-c4cnn(Cc5cccc(C(=O)N6CCCC(CO)C6)c5)c4)cccc32)c1C. The second-order valence-electron chi connectivity index (χ2n) is 12.7. The van der Waals surface area contributed by atoms with E-state index in [4.69, 9.17) is 4.74 Å². The van der Waals surface area contributed by atoms with E-state index < -0.39 is 0 Å². The van der Waals surface area contributed by atoms with Gasteiger partial charge in [0.2, 0.25) is 5.91 Å². The summed E-state index contributed by atoms with van der Waals surface area (Å²) in [7, 11) is 0. The van der Waals surface area contributed by atoms with E-state index >= 15 is 0 Å². The smallest absolute Gasteiger partial charge is 0.253 e. The van der Waals surface area contributed by atoms with Crippen LogP contribution in [0.1, 0.15) is 64.7 Å². The summed E-state index contributed by atoms with van der Waals surface area (Å²) in [4.78, 5) is 30.4. The average molecular weight is 621 g/mol. The van der Waals surface area contributed by atoms with Crippen molar-refractivity contribution in [2.45, 2.75) is 58.9 Å². The average Bonchev–Trinajstić information content (AvgIpc) is 3.55. The molecule has 8 nitrogen and oxygen atoms in total. The number of amides is 2. The molecule has 1 unspecified atom stereocenters. The normalized spacial score (nSPS) is 16.3. The number of aliphatic hydroxyl groups excluding tert-OH is 1. The van der Waals surface area contributed by atoms with Crippen LogP contribution >= 0.6 is 0 Å². The number of carbonyl (C=O) groups is 2. The molecule has 2 amide bonds. The summed E-state index contributed by atoms with van der Waals surface area (Å²) in [6.07, 6.45) is 8.75. The zero-order valence-electron chi connectivity index (χ0n) is 27.0. The Labute approximate surface area is 271 Å². The first kappa shape index (κ1) is 31.5. The van der Waals surface area contributed by atoms with Crippen LogP contribution in [0.4, 0.5) is 5.69 Å². The number of ether oxygens (including phenoxy) is 1. The van der Waals surface area contributed by atoms with Gasteiger partial charge in [0.1, 0.15) is 5.75 Å². The molecule has 0 saturated carbocycles. The molecular formula is C38H44N4O4. The predicted octanol–water partition coefficient (Wildman–Crippen LogP) is 6.20. The van der Waals surface area contributed by atoms with Gasteiger partial charge in [-0.1, -0.05) is 36.4 Å². The third-order valence-electron chi connectivity index (χ3n) is 9.43. The number of carbonyl (C=O) groups excluding carboxylic acids is 2. The first-order valence-electron chi connectivity index (χ1n) is 16.5. The highest BCUT2D eigenvalue weighted by atomic mass is 16.5. The minimum atomic E-state index is 0.0186. The van der Waals surface area contributed by atoms with Gasteiger partial charge in [0.25, 0.3) is 5.91 Å². The number of aromatic nitrogens is 2. The maximum atomic E-state index is 13.4. The molecule has 0 bridgehead atoms. The van der Waals surface area contributed by atoms with Gasteiger partial charge in [-0.15, -0.1) is 0 Å². The highest BCUT2D eigenvalue weighted by Crippen LogP contribution is 2.36. The van der Waals surface area contributed by atoms with E-state index in [1.54, 1.807) is 0 Å². The minimum absolute atomic E-state index is 0.0186. The third kappa shape index (κ3) is 7.02. The van der Waals surface area contributed by atoms with Crippen LogP contribution in [0.25, 0.3) is 11.1 Å². The molecule has 6 rings (SSSR count). The molecule has 240 valence electrons. The Morgan fingerprint density at radius 3 is 2.74 bits per heavy atom. The monoisotopic (exact) mass is 620 g/mol. The van der Waals surface area contributed by atoms with Gasteiger partial charge in [0.15, 0.2) is 0 Å². The molecular weight excluding hydrogens is 576 g/mol. The van der Waals surface area contributed by atoms with Crippen LogP contribution in [-0.2, 0) is 17.8 Å². The van der Waals surface area contributed by atoms with E-state index in [1.165, 1.54) is 11.1 Å². The van der Waals surface area contributed by atoms with Gasteiger partial charge >= 0.3 is 0 Å². The number of nitrogens with zero attached hydrogens (tertiary/aromatic N) is 4. The Morgan fingerprint density at radius 1 is 1.02 bits per heavy atom. The van der Waals surface area contributed by atoms with Crippen LogP contribution in [-0.4, -0.2) is 64.4 Å². The molecule has 1 fully saturated rings. The van der Waals surface area contributed by atoms with Crippen LogP contribution in [0.2, 0.25) is 0 Å². The van der Waals surface area contributed by atoms with Crippen molar-refractivity contribution < 1.29 is 19.4 Å². The molecule has 1 aromatic heterocycles. The number of fused-ring (bicyclic) bond motifs is 1. The summed E-state index contributed by atoms with van der Waals surface area (Å²) < 4.78 is 7.90. The molecule has 4 aromatic rings. The van der Waals surface area contributed by atoms with E-state index in [0.717, 1.165) is 72.5 Å². The lowest BCUT2D eigenvalue weighted by Crippen LogP contribution is -2.40. The van der Waals surface area contributed by atoms with Crippen LogP contribution < -0.4 is 9.64 Å². The highest BCUT2D eigenvalue weighted by Gasteiger charge is 2.26. The summed E-state index contributed by atoms with van der Waals surface area (Å²) in [5.41, 5.74) is 8.31. The molecule has 3 aromatic carbocycles. The Balaban J connectivity index is 1.10. The Bertz CT molecular complexity index is 1700. The molecule has 1 atom stereocenters. The van der Waals surface area contributed by atoms with Crippen molar-refractivity contribution in [2.75, 3.05) is 37.7 Å². The van der Waals surface area contributed by atoms with Gasteiger partial charge in [-0.2, -0.15) is 5.10 Å². The molecule has 0 spiro atoms. The molecule has 0 aliphatic carbocycles. The topological polar surface area (TPSA) is 87.9 Å². The van der Waals surface area contributed by atoms with Crippen molar-refractivity contribution in [3.05, 3.63) is 101 Å². The number of piperidine rings is 1. The zero-order chi connectivity index (χ0) is 32.0. The van der Waals surface area contributed by atoms with Gasteiger partial charge in [-0.05, 0) is 104 Å². The number of hydrogen-bond acceptors (Lipinski definition) is 5. The van der Waals surface area contributed by atoms with Crippen molar-refractivity contribution in [2.24, 2.45) is 5.92 Å². The standard InChI is InChI=1S/C38H44N4O4/c1-27-9-3-16-36(28(27)2)46-20-8-17-37(44)42-19-7-14-34-33(13-5-15-35(34)42)32-22-39-41(25-32)24-29-10-4-12-31(21-29)38(45)40-18-6-11-30(23-40)26-43/h3-5,9-10,12-13,15-16,21-22,25,30,43H,6-8,11,14,17-20,23-24,26H2,1-2H3. The Hall–Kier alpha value is -4.43. The molecule has 0 radical (unpaired) electrons. The fourth-order valence-electron chi connectivity index (χ4n) is 6.74. The third-order valence-corrected chi connectivity index (χ3v) is 9.43. The van der Waals surface area contributed by atoms with E-state index in [9.17, 15) is 14.7 Å².